The van der Waals surface area contributed by atoms with Crippen molar-refractivity contribution in [3.8, 4) is 0 Å². The van der Waals surface area contributed by atoms with Crippen molar-refractivity contribution >= 4 is 57.1 Å². The Morgan fingerprint density at radius 3 is 2.68 bits per heavy atom. The van der Waals surface area contributed by atoms with Gasteiger partial charge in [-0.2, -0.15) is 3.71 Å². The summed E-state index contributed by atoms with van der Waals surface area (Å²) in [6.07, 6.45) is 0.547. The highest BCUT2D eigenvalue weighted by Gasteiger charge is 2.37. The second-order valence-corrected chi connectivity index (χ2v) is 8.03. The number of likely N-dealkylation sites (N-methyl/N-ethyl adjacent to an activating group) is 2. The van der Waals surface area contributed by atoms with Gasteiger partial charge in [-0.25, -0.2) is 0 Å². The number of benzene rings is 1. The largest absolute Gasteiger partial charge is 0.315 e. The maximum absolute atomic E-state index is 12.5. The maximum Gasteiger partial charge on any atom is 0.246 e. The molecular weight excluding hydrogens is 380 g/mol. The number of carbonyl (C=O) groups excluding carboxylic acids is 2. The van der Waals surface area contributed by atoms with Crippen LogP contribution in [-0.2, 0) is 30.7 Å². The second-order valence-electron chi connectivity index (χ2n) is 5.58. The molecule has 2 amide bonds. The van der Waals surface area contributed by atoms with Gasteiger partial charge in [-0.05, 0) is 48.4 Å². The second kappa shape index (κ2) is 9.06. The summed E-state index contributed by atoms with van der Waals surface area (Å²) >= 11 is 8.89. The monoisotopic (exact) mass is 402 g/mol. The van der Waals surface area contributed by atoms with Gasteiger partial charge in [0.15, 0.2) is 0 Å². The van der Waals surface area contributed by atoms with Gasteiger partial charge in [0.1, 0.15) is 6.04 Å². The Labute approximate surface area is 160 Å². The number of rotatable bonds is 7. The van der Waals surface area contributed by atoms with E-state index in [-0.39, 0.29) is 18.4 Å². The van der Waals surface area contributed by atoms with E-state index in [1.54, 1.807) is 16.8 Å². The molecule has 1 aliphatic heterocycles. The van der Waals surface area contributed by atoms with Crippen molar-refractivity contribution in [2.24, 2.45) is 0 Å². The molecular formula is C15H22N4O3S3. The predicted octanol–water partition coefficient (Wildman–Crippen LogP) is 0.979. The fraction of sp³-hybridized carbons (Fsp3) is 0.467. The molecule has 1 fully saturated rings. The van der Waals surface area contributed by atoms with Gasteiger partial charge in [-0.1, -0.05) is 19.7 Å². The Bertz CT molecular complexity index is 656. The summed E-state index contributed by atoms with van der Waals surface area (Å²) in [5, 5.41) is 3.00. The number of thiol groups is 1. The van der Waals surface area contributed by atoms with E-state index in [1.165, 1.54) is 3.71 Å². The molecule has 1 heterocycles. The zero-order valence-corrected chi connectivity index (χ0v) is 16.6. The first kappa shape index (κ1) is 20.3. The Morgan fingerprint density at radius 2 is 2.12 bits per heavy atom. The van der Waals surface area contributed by atoms with Gasteiger partial charge in [0.2, 0.25) is 11.8 Å². The molecule has 0 saturated carbocycles. The zero-order chi connectivity index (χ0) is 18.6. The van der Waals surface area contributed by atoms with Gasteiger partial charge in [0.05, 0.1) is 16.5 Å². The Morgan fingerprint density at radius 1 is 1.48 bits per heavy atom. The van der Waals surface area contributed by atoms with E-state index in [0.717, 1.165) is 17.9 Å². The fourth-order valence-electron chi connectivity index (χ4n) is 2.59. The number of hydrogen-bond donors (Lipinski definition) is 3. The molecule has 10 heteroatoms. The number of nitrogens with zero attached hydrogens (tertiary/aromatic N) is 3. The van der Waals surface area contributed by atoms with Crippen molar-refractivity contribution < 1.29 is 14.1 Å². The lowest BCUT2D eigenvalue weighted by Crippen LogP contribution is -2.37. The molecule has 0 aliphatic carbocycles. The van der Waals surface area contributed by atoms with Gasteiger partial charge in [0.25, 0.3) is 0 Å². The number of amides is 2. The first-order chi connectivity index (χ1) is 11.9. The van der Waals surface area contributed by atoms with E-state index >= 15 is 0 Å². The summed E-state index contributed by atoms with van der Waals surface area (Å²) in [7, 11) is 0.242. The van der Waals surface area contributed by atoms with Gasteiger partial charge >= 0.3 is 0 Å². The number of hydrogen-bond acceptors (Lipinski definition) is 5. The van der Waals surface area contributed by atoms with Crippen LogP contribution in [0.25, 0.3) is 0 Å². The van der Waals surface area contributed by atoms with Gasteiger partial charge in [0, 0.05) is 25.0 Å². The number of nitrogens with one attached hydrogen (secondary N) is 1. The lowest BCUT2D eigenvalue weighted by Gasteiger charge is -2.22. The minimum Gasteiger partial charge on any atom is -0.315 e. The minimum atomic E-state index is -1.48. The van der Waals surface area contributed by atoms with Crippen LogP contribution in [0.2, 0.25) is 0 Å². The Kier molecular flexibility index (Phi) is 7.35. The van der Waals surface area contributed by atoms with Crippen molar-refractivity contribution in [3.05, 3.63) is 24.3 Å². The van der Waals surface area contributed by atoms with Crippen LogP contribution < -0.4 is 15.1 Å². The van der Waals surface area contributed by atoms with Crippen molar-refractivity contribution in [1.82, 2.24) is 9.03 Å². The molecule has 1 aromatic carbocycles. The van der Waals surface area contributed by atoms with Crippen LogP contribution >= 0.6 is 12.8 Å². The molecule has 2 rings (SSSR count). The van der Waals surface area contributed by atoms with Crippen molar-refractivity contribution in [2.75, 3.05) is 36.5 Å². The molecule has 25 heavy (non-hydrogen) atoms. The molecule has 2 atom stereocenters. The maximum atomic E-state index is 12.5. The summed E-state index contributed by atoms with van der Waals surface area (Å²) < 4.78 is 10.7. The molecule has 0 bridgehead atoms. The molecule has 0 spiro atoms. The highest BCUT2D eigenvalue weighted by atomic mass is 32.8. The van der Waals surface area contributed by atoms with E-state index in [4.69, 9.17) is 11.2 Å². The van der Waals surface area contributed by atoms with E-state index in [2.05, 4.69) is 18.1 Å². The van der Waals surface area contributed by atoms with Gasteiger partial charge in [-0.3, -0.25) is 9.59 Å². The van der Waals surface area contributed by atoms with E-state index in [0.29, 0.717) is 13.0 Å². The van der Waals surface area contributed by atoms with Crippen LogP contribution in [0.15, 0.2) is 24.3 Å². The lowest BCUT2D eigenvalue weighted by molar-refractivity contribution is -0.119. The average Bonchev–Trinajstić information content (AvgIpc) is 2.99. The van der Waals surface area contributed by atoms with Crippen LogP contribution in [0.1, 0.15) is 13.3 Å². The van der Waals surface area contributed by atoms with Crippen molar-refractivity contribution in [3.63, 3.8) is 0 Å². The first-order valence-corrected chi connectivity index (χ1v) is 10.3. The normalized spacial score (nSPS) is 18.7. The average molecular weight is 403 g/mol. The van der Waals surface area contributed by atoms with E-state index < -0.39 is 16.0 Å². The molecule has 2 N–H and O–H groups in total. The van der Waals surface area contributed by atoms with Gasteiger partial charge in [-0.15, -0.1) is 0 Å². The highest BCUT2D eigenvalue weighted by Crippen LogP contribution is 2.27. The third-order valence-electron chi connectivity index (χ3n) is 4.05. The molecule has 138 valence electrons. The van der Waals surface area contributed by atoms with E-state index in [1.807, 2.05) is 31.2 Å². The van der Waals surface area contributed by atoms with Crippen molar-refractivity contribution in [1.29, 1.82) is 0 Å². The zero-order valence-electron chi connectivity index (χ0n) is 14.1. The Hall–Kier alpha value is -1.04. The minimum absolute atomic E-state index is 0.0296. The third-order valence-corrected chi connectivity index (χ3v) is 6.18. The highest BCUT2D eigenvalue weighted by molar-refractivity contribution is 8.27. The molecule has 1 aromatic rings. The SMILES string of the molecule is CCNCC(=O)N(C)c1ccc(N2CCC(N(S)S(O)=S)C2=O)cc1. The molecule has 0 aromatic heterocycles. The molecule has 2 unspecified atom stereocenters. The van der Waals surface area contributed by atoms with E-state index in [9.17, 15) is 14.1 Å². The summed E-state index contributed by atoms with van der Waals surface area (Å²) in [4.78, 5) is 27.7. The topological polar surface area (TPSA) is 76.1 Å². The van der Waals surface area contributed by atoms with Crippen molar-refractivity contribution in [2.45, 2.75) is 19.4 Å². The quantitative estimate of drug-likeness (QED) is 0.591. The molecule has 7 nitrogen and oxygen atoms in total. The molecule has 0 radical (unpaired) electrons. The summed E-state index contributed by atoms with van der Waals surface area (Å²) in [6, 6.07) is 6.70. The number of carbonyl (C=O) groups is 2. The first-order valence-electron chi connectivity index (χ1n) is 7.84. The van der Waals surface area contributed by atoms with Crippen LogP contribution in [0.5, 0.6) is 0 Å². The number of anilines is 2. The summed E-state index contributed by atoms with van der Waals surface area (Å²) in [6.45, 7) is 3.49. The van der Waals surface area contributed by atoms with Crippen LogP contribution in [0.4, 0.5) is 11.4 Å². The van der Waals surface area contributed by atoms with Crippen LogP contribution in [-0.4, -0.2) is 52.8 Å². The summed E-state index contributed by atoms with van der Waals surface area (Å²) in [5.41, 5.74) is 1.50. The Balaban J connectivity index is 2.06. The van der Waals surface area contributed by atoms with Crippen LogP contribution in [0, 0.1) is 0 Å². The molecule has 1 aliphatic rings. The third kappa shape index (κ3) is 4.78. The smallest absolute Gasteiger partial charge is 0.246 e. The van der Waals surface area contributed by atoms with Crippen LogP contribution in [0.3, 0.4) is 0 Å². The standard InChI is InChI=1S/C15H22N4O3S3/c1-3-16-10-14(20)17(2)11-4-6-12(7-5-11)18-9-8-13(15(18)21)19(23)25(22)24/h4-7,13,16,23H,3,8-10H2,1-2H3,(H,22,24). The van der Waals surface area contributed by atoms with Gasteiger partial charge < -0.3 is 19.7 Å². The molecule has 1 saturated heterocycles. The predicted molar refractivity (Wildman–Crippen MR) is 107 cm³/mol. The summed E-state index contributed by atoms with van der Waals surface area (Å²) in [5.74, 6) is -0.172. The fourth-order valence-corrected chi connectivity index (χ4v) is 3.52. The lowest BCUT2D eigenvalue weighted by atomic mass is 10.2.